The normalized spacial score (nSPS) is 10.6. The Hall–Kier alpha value is -3.18. The van der Waals surface area contributed by atoms with Crippen molar-refractivity contribution in [1.82, 2.24) is 0 Å². The van der Waals surface area contributed by atoms with E-state index >= 15 is 0 Å². The number of carbonyl (C=O) groups excluding carboxylic acids is 2. The quantitative estimate of drug-likeness (QED) is 0.808. The number of hydrogen-bond donors (Lipinski definition) is 2. The predicted octanol–water partition coefficient (Wildman–Crippen LogP) is 2.32. The highest BCUT2D eigenvalue weighted by Crippen LogP contribution is 2.17. The highest BCUT2D eigenvalue weighted by atomic mass is 32.2. The highest BCUT2D eigenvalue weighted by molar-refractivity contribution is 7.91. The first-order valence-corrected chi connectivity index (χ1v) is 9.36. The Bertz CT molecular complexity index is 961. The van der Waals surface area contributed by atoms with Crippen molar-refractivity contribution in [2.75, 3.05) is 16.4 Å². The van der Waals surface area contributed by atoms with Crippen LogP contribution in [0.1, 0.15) is 18.9 Å². The van der Waals surface area contributed by atoms with Crippen LogP contribution in [0.5, 0.6) is 0 Å². The molecule has 26 heavy (non-hydrogen) atoms. The molecule has 8 heteroatoms. The number of amides is 2. The van der Waals surface area contributed by atoms with Crippen molar-refractivity contribution in [2.24, 2.45) is 0 Å². The molecule has 0 heterocycles. The average molecular weight is 371 g/mol. The van der Waals surface area contributed by atoms with Gasteiger partial charge in [0.25, 0.3) is 0 Å². The van der Waals surface area contributed by atoms with Crippen LogP contribution < -0.4 is 10.6 Å². The third-order valence-electron chi connectivity index (χ3n) is 3.45. The minimum absolute atomic E-state index is 0.0665. The number of rotatable bonds is 6. The summed E-state index contributed by atoms with van der Waals surface area (Å²) in [6.07, 6.45) is -0.241. The van der Waals surface area contributed by atoms with Crippen LogP contribution in [0, 0.1) is 11.3 Å². The van der Waals surface area contributed by atoms with Crippen molar-refractivity contribution >= 4 is 33.0 Å². The summed E-state index contributed by atoms with van der Waals surface area (Å²) in [6.45, 7) is 1.35. The lowest BCUT2D eigenvalue weighted by Crippen LogP contribution is -2.18. The Balaban J connectivity index is 2.00. The van der Waals surface area contributed by atoms with Crippen molar-refractivity contribution < 1.29 is 18.0 Å². The van der Waals surface area contributed by atoms with Gasteiger partial charge in [-0.15, -0.1) is 0 Å². The summed E-state index contributed by atoms with van der Waals surface area (Å²) in [6, 6.07) is 14.2. The average Bonchev–Trinajstić information content (AvgIpc) is 2.60. The number of nitrogens with one attached hydrogen (secondary N) is 2. The Morgan fingerprint density at radius 1 is 1.04 bits per heavy atom. The van der Waals surface area contributed by atoms with Crippen LogP contribution in [-0.2, 0) is 19.4 Å². The summed E-state index contributed by atoms with van der Waals surface area (Å²) in [4.78, 5) is 23.0. The van der Waals surface area contributed by atoms with Crippen molar-refractivity contribution in [2.45, 2.75) is 18.2 Å². The van der Waals surface area contributed by atoms with Gasteiger partial charge in [0.05, 0.1) is 21.9 Å². The van der Waals surface area contributed by atoms with Crippen molar-refractivity contribution in [1.29, 1.82) is 5.26 Å². The molecule has 2 amide bonds. The zero-order chi connectivity index (χ0) is 19.2. The van der Waals surface area contributed by atoms with E-state index in [0.717, 1.165) is 0 Å². The molecule has 0 bridgehead atoms. The molecule has 0 unspecified atom stereocenters. The van der Waals surface area contributed by atoms with Gasteiger partial charge in [-0.3, -0.25) is 9.59 Å². The maximum atomic E-state index is 12.3. The minimum atomic E-state index is -3.65. The van der Waals surface area contributed by atoms with E-state index in [1.165, 1.54) is 31.2 Å². The standard InChI is InChI=1S/C18H17N3O4S/c1-13(22)20-15-6-8-16(9-7-15)26(24,25)11-10-18(23)21-17-5-3-2-4-14(17)12-19/h2-9H,10-11H2,1H3,(H,20,22)(H,21,23). The molecule has 0 aliphatic carbocycles. The molecule has 0 atom stereocenters. The fourth-order valence-electron chi connectivity index (χ4n) is 2.20. The van der Waals surface area contributed by atoms with Gasteiger partial charge in [-0.1, -0.05) is 12.1 Å². The maximum Gasteiger partial charge on any atom is 0.225 e. The molecule has 0 aromatic heterocycles. The molecule has 0 fully saturated rings. The SMILES string of the molecule is CC(=O)Nc1ccc(S(=O)(=O)CCC(=O)Nc2ccccc2C#N)cc1. The summed E-state index contributed by atoms with van der Waals surface area (Å²) in [5, 5.41) is 14.1. The van der Waals surface area contributed by atoms with Gasteiger partial charge in [0.1, 0.15) is 6.07 Å². The van der Waals surface area contributed by atoms with E-state index in [4.69, 9.17) is 5.26 Å². The molecule has 134 valence electrons. The van der Waals surface area contributed by atoms with E-state index in [-0.39, 0.29) is 23.0 Å². The lowest BCUT2D eigenvalue weighted by atomic mass is 10.2. The smallest absolute Gasteiger partial charge is 0.225 e. The predicted molar refractivity (Wildman–Crippen MR) is 97.2 cm³/mol. The number of sulfone groups is 1. The van der Waals surface area contributed by atoms with Gasteiger partial charge in [-0.25, -0.2) is 8.42 Å². The molecule has 7 nitrogen and oxygen atoms in total. The zero-order valence-electron chi connectivity index (χ0n) is 14.0. The molecule has 0 radical (unpaired) electrons. The van der Waals surface area contributed by atoms with E-state index in [9.17, 15) is 18.0 Å². The van der Waals surface area contributed by atoms with Gasteiger partial charge in [0, 0.05) is 19.0 Å². The van der Waals surface area contributed by atoms with Gasteiger partial charge >= 0.3 is 0 Å². The molecule has 2 rings (SSSR count). The highest BCUT2D eigenvalue weighted by Gasteiger charge is 2.17. The number of benzene rings is 2. The Morgan fingerprint density at radius 3 is 2.31 bits per heavy atom. The molecular formula is C18H17N3O4S. The van der Waals surface area contributed by atoms with Gasteiger partial charge in [0.2, 0.25) is 11.8 Å². The van der Waals surface area contributed by atoms with Crippen molar-refractivity contribution in [3.63, 3.8) is 0 Å². The molecule has 0 aliphatic rings. The van der Waals surface area contributed by atoms with Crippen molar-refractivity contribution in [3.05, 3.63) is 54.1 Å². The molecular weight excluding hydrogens is 354 g/mol. The van der Waals surface area contributed by atoms with Crippen molar-refractivity contribution in [3.8, 4) is 6.07 Å². The Labute approximate surface area is 151 Å². The summed E-state index contributed by atoms with van der Waals surface area (Å²) < 4.78 is 24.7. The van der Waals surface area contributed by atoms with Gasteiger partial charge in [-0.2, -0.15) is 5.26 Å². The maximum absolute atomic E-state index is 12.3. The monoisotopic (exact) mass is 371 g/mol. The first-order chi connectivity index (χ1) is 12.3. The van der Waals surface area contributed by atoms with Crippen LogP contribution in [0.25, 0.3) is 0 Å². The first-order valence-electron chi connectivity index (χ1n) is 7.71. The van der Waals surface area contributed by atoms with E-state index in [2.05, 4.69) is 10.6 Å². The Morgan fingerprint density at radius 2 is 1.69 bits per heavy atom. The lowest BCUT2D eigenvalue weighted by molar-refractivity contribution is -0.116. The number of carbonyl (C=O) groups is 2. The Kier molecular flexibility index (Phi) is 6.09. The molecule has 2 aromatic carbocycles. The van der Waals surface area contributed by atoms with E-state index < -0.39 is 15.7 Å². The minimum Gasteiger partial charge on any atom is -0.326 e. The van der Waals surface area contributed by atoms with Crippen LogP contribution in [0.2, 0.25) is 0 Å². The second kappa shape index (κ2) is 8.27. The fourth-order valence-corrected chi connectivity index (χ4v) is 3.44. The van der Waals surface area contributed by atoms with Crippen LogP contribution in [0.4, 0.5) is 11.4 Å². The summed E-state index contributed by atoms with van der Waals surface area (Å²) in [5.74, 6) is -1.12. The largest absolute Gasteiger partial charge is 0.326 e. The molecule has 2 aromatic rings. The van der Waals surface area contributed by atoms with Crippen LogP contribution in [-0.4, -0.2) is 26.0 Å². The van der Waals surface area contributed by atoms with Gasteiger partial charge in [-0.05, 0) is 36.4 Å². The molecule has 0 saturated carbocycles. The van der Waals surface area contributed by atoms with Gasteiger partial charge in [0.15, 0.2) is 9.84 Å². The number of hydrogen-bond acceptors (Lipinski definition) is 5. The molecule has 0 aliphatic heterocycles. The number of nitrogens with zero attached hydrogens (tertiary/aromatic N) is 1. The summed E-state index contributed by atoms with van der Waals surface area (Å²) >= 11 is 0. The lowest BCUT2D eigenvalue weighted by Gasteiger charge is -2.08. The molecule has 0 spiro atoms. The number of anilines is 2. The molecule has 2 N–H and O–H groups in total. The van der Waals surface area contributed by atoms with E-state index in [1.807, 2.05) is 6.07 Å². The van der Waals surface area contributed by atoms with Gasteiger partial charge < -0.3 is 10.6 Å². The third kappa shape index (κ3) is 5.16. The second-order valence-electron chi connectivity index (χ2n) is 5.48. The topological polar surface area (TPSA) is 116 Å². The van der Waals surface area contributed by atoms with E-state index in [0.29, 0.717) is 16.9 Å². The number of nitriles is 1. The fraction of sp³-hybridized carbons (Fsp3) is 0.167. The van der Waals surface area contributed by atoms with E-state index in [1.54, 1.807) is 24.3 Å². The van der Waals surface area contributed by atoms with Crippen LogP contribution >= 0.6 is 0 Å². The molecule has 0 saturated heterocycles. The van der Waals surface area contributed by atoms with Crippen LogP contribution in [0.3, 0.4) is 0 Å². The third-order valence-corrected chi connectivity index (χ3v) is 5.19. The van der Waals surface area contributed by atoms with Crippen LogP contribution in [0.15, 0.2) is 53.4 Å². The zero-order valence-corrected chi connectivity index (χ0v) is 14.8. The number of para-hydroxylation sites is 1. The first kappa shape index (κ1) is 19.1. The summed E-state index contributed by atoms with van der Waals surface area (Å²) in [5.41, 5.74) is 1.14. The second-order valence-corrected chi connectivity index (χ2v) is 7.59. The summed E-state index contributed by atoms with van der Waals surface area (Å²) in [7, 11) is -3.65.